The molecule has 23 heavy (non-hydrogen) atoms. The van der Waals surface area contributed by atoms with E-state index in [-0.39, 0.29) is 6.10 Å². The van der Waals surface area contributed by atoms with Crippen LogP contribution < -0.4 is 9.47 Å². The van der Waals surface area contributed by atoms with Crippen LogP contribution in [-0.2, 0) is 11.4 Å². The van der Waals surface area contributed by atoms with Gasteiger partial charge in [0, 0.05) is 17.7 Å². The lowest BCUT2D eigenvalue weighted by atomic mass is 10.2. The number of pyridine rings is 1. The summed E-state index contributed by atoms with van der Waals surface area (Å²) in [5.41, 5.74) is 1.47. The maximum Gasteiger partial charge on any atom is 0.382 e. The second-order valence-electron chi connectivity index (χ2n) is 5.00. The molecule has 1 N–H and O–H groups in total. The van der Waals surface area contributed by atoms with Crippen molar-refractivity contribution in [3.63, 3.8) is 0 Å². The first-order chi connectivity index (χ1) is 11.0. The Hall–Kier alpha value is -3.00. The summed E-state index contributed by atoms with van der Waals surface area (Å²) in [4.78, 5) is 14.6. The van der Waals surface area contributed by atoms with E-state index in [4.69, 9.17) is 14.6 Å². The van der Waals surface area contributed by atoms with Crippen LogP contribution in [0.15, 0.2) is 42.6 Å². The summed E-state index contributed by atoms with van der Waals surface area (Å²) < 4.78 is 11.4. The average molecular weight is 311 g/mol. The fraction of sp³-hybridized carbons (Fsp3) is 0.222. The van der Waals surface area contributed by atoms with Crippen molar-refractivity contribution in [2.75, 3.05) is 0 Å². The van der Waals surface area contributed by atoms with Gasteiger partial charge in [0.05, 0.1) is 11.7 Å². The zero-order valence-electron chi connectivity index (χ0n) is 12.9. The van der Waals surface area contributed by atoms with Crippen LogP contribution in [-0.4, -0.2) is 22.2 Å². The number of benzene rings is 1. The van der Waals surface area contributed by atoms with Crippen LogP contribution in [0.4, 0.5) is 0 Å². The molecule has 0 saturated heterocycles. The number of hydrogen-bond donors (Lipinski definition) is 1. The van der Waals surface area contributed by atoms with Crippen molar-refractivity contribution in [3.05, 3.63) is 53.7 Å². The van der Waals surface area contributed by atoms with E-state index in [0.29, 0.717) is 23.8 Å². The van der Waals surface area contributed by atoms with Crippen LogP contribution in [0.3, 0.4) is 0 Å². The van der Waals surface area contributed by atoms with E-state index >= 15 is 0 Å². The SMILES string of the molecule is CC(C)Oc1ncccc1COc1ccc(C#CC(=O)O)cc1. The van der Waals surface area contributed by atoms with E-state index in [9.17, 15) is 4.79 Å². The summed E-state index contributed by atoms with van der Waals surface area (Å²) in [7, 11) is 0. The quantitative estimate of drug-likeness (QED) is 0.860. The van der Waals surface area contributed by atoms with Crippen LogP contribution >= 0.6 is 0 Å². The molecule has 0 fully saturated rings. The van der Waals surface area contributed by atoms with E-state index in [1.54, 1.807) is 30.5 Å². The number of aliphatic carboxylic acids is 1. The monoisotopic (exact) mass is 311 g/mol. The number of carboxylic acids is 1. The van der Waals surface area contributed by atoms with Gasteiger partial charge in [0.2, 0.25) is 5.88 Å². The first-order valence-corrected chi connectivity index (χ1v) is 7.13. The fourth-order valence-corrected chi connectivity index (χ4v) is 1.78. The normalized spacial score (nSPS) is 9.87. The van der Waals surface area contributed by atoms with Gasteiger partial charge in [0.15, 0.2) is 0 Å². The van der Waals surface area contributed by atoms with Crippen molar-refractivity contribution in [1.82, 2.24) is 4.98 Å². The molecule has 0 saturated carbocycles. The molecular weight excluding hydrogens is 294 g/mol. The molecule has 0 aliphatic carbocycles. The zero-order chi connectivity index (χ0) is 16.7. The molecular formula is C18H17NO4. The van der Waals surface area contributed by atoms with Gasteiger partial charge in [-0.1, -0.05) is 5.92 Å². The lowest BCUT2D eigenvalue weighted by Gasteiger charge is -2.13. The van der Waals surface area contributed by atoms with Crippen molar-refractivity contribution in [3.8, 4) is 23.5 Å². The Labute approximate surface area is 134 Å². The first kappa shape index (κ1) is 16.4. The van der Waals surface area contributed by atoms with Crippen molar-refractivity contribution in [2.45, 2.75) is 26.6 Å². The van der Waals surface area contributed by atoms with E-state index < -0.39 is 5.97 Å². The standard InChI is InChI=1S/C18H17NO4/c1-13(2)23-18-15(4-3-11-19-18)12-22-16-8-5-14(6-9-16)7-10-17(20)21/h3-6,8-9,11,13H,12H2,1-2H3,(H,20,21). The van der Waals surface area contributed by atoms with Gasteiger partial charge in [-0.3, -0.25) is 0 Å². The van der Waals surface area contributed by atoms with E-state index in [2.05, 4.69) is 16.8 Å². The third-order valence-electron chi connectivity index (χ3n) is 2.76. The third-order valence-corrected chi connectivity index (χ3v) is 2.76. The molecule has 2 aromatic rings. The van der Waals surface area contributed by atoms with Gasteiger partial charge < -0.3 is 14.6 Å². The highest BCUT2D eigenvalue weighted by atomic mass is 16.5. The van der Waals surface area contributed by atoms with Crippen molar-refractivity contribution in [1.29, 1.82) is 0 Å². The molecule has 1 heterocycles. The molecule has 118 valence electrons. The Morgan fingerprint density at radius 3 is 2.65 bits per heavy atom. The highest BCUT2D eigenvalue weighted by Gasteiger charge is 2.07. The van der Waals surface area contributed by atoms with E-state index in [0.717, 1.165) is 5.56 Å². The van der Waals surface area contributed by atoms with Gasteiger partial charge in [-0.15, -0.1) is 0 Å². The van der Waals surface area contributed by atoms with Gasteiger partial charge in [-0.25, -0.2) is 9.78 Å². The molecule has 1 aromatic carbocycles. The molecule has 0 atom stereocenters. The number of carboxylic acid groups (broad SMARTS) is 1. The summed E-state index contributed by atoms with van der Waals surface area (Å²) in [6, 6.07) is 10.6. The summed E-state index contributed by atoms with van der Waals surface area (Å²) in [6.07, 6.45) is 1.72. The smallest absolute Gasteiger partial charge is 0.382 e. The molecule has 0 spiro atoms. The van der Waals surface area contributed by atoms with Gasteiger partial charge in [-0.2, -0.15) is 0 Å². The number of aromatic nitrogens is 1. The zero-order valence-corrected chi connectivity index (χ0v) is 12.9. The van der Waals surface area contributed by atoms with Crippen LogP contribution in [0.2, 0.25) is 0 Å². The largest absolute Gasteiger partial charge is 0.489 e. The molecule has 0 aliphatic heterocycles. The number of hydrogen-bond acceptors (Lipinski definition) is 4. The predicted molar refractivity (Wildman–Crippen MR) is 85.3 cm³/mol. The Morgan fingerprint density at radius 1 is 1.26 bits per heavy atom. The summed E-state index contributed by atoms with van der Waals surface area (Å²) in [5, 5.41) is 8.51. The average Bonchev–Trinajstić information content (AvgIpc) is 2.52. The summed E-state index contributed by atoms with van der Waals surface area (Å²) in [5.74, 6) is 4.67. The van der Waals surface area contributed by atoms with Gasteiger partial charge in [0.1, 0.15) is 12.4 Å². The first-order valence-electron chi connectivity index (χ1n) is 7.13. The van der Waals surface area contributed by atoms with Crippen LogP contribution in [0, 0.1) is 11.8 Å². The molecule has 0 bridgehead atoms. The minimum Gasteiger partial charge on any atom is -0.489 e. The molecule has 0 radical (unpaired) electrons. The van der Waals surface area contributed by atoms with E-state index in [1.807, 2.05) is 26.0 Å². The Kier molecular flexibility index (Phi) is 5.59. The van der Waals surface area contributed by atoms with Crippen LogP contribution in [0.5, 0.6) is 11.6 Å². The molecule has 2 rings (SSSR count). The summed E-state index contributed by atoms with van der Waals surface area (Å²) in [6.45, 7) is 4.21. The molecule has 5 nitrogen and oxygen atoms in total. The molecule has 0 unspecified atom stereocenters. The molecule has 0 amide bonds. The Morgan fingerprint density at radius 2 is 2.00 bits per heavy atom. The Bertz CT molecular complexity index is 727. The minimum atomic E-state index is -1.15. The van der Waals surface area contributed by atoms with Gasteiger partial charge in [-0.05, 0) is 50.2 Å². The maximum absolute atomic E-state index is 10.4. The van der Waals surface area contributed by atoms with Crippen molar-refractivity contribution in [2.24, 2.45) is 0 Å². The summed E-state index contributed by atoms with van der Waals surface area (Å²) >= 11 is 0. The highest BCUT2D eigenvalue weighted by Crippen LogP contribution is 2.19. The van der Waals surface area contributed by atoms with Crippen molar-refractivity contribution >= 4 is 5.97 Å². The molecule has 5 heteroatoms. The van der Waals surface area contributed by atoms with Crippen LogP contribution in [0.25, 0.3) is 0 Å². The van der Waals surface area contributed by atoms with Gasteiger partial charge in [0.25, 0.3) is 0 Å². The lowest BCUT2D eigenvalue weighted by molar-refractivity contribution is -0.130. The Balaban J connectivity index is 2.02. The topological polar surface area (TPSA) is 68.7 Å². The van der Waals surface area contributed by atoms with Crippen LogP contribution in [0.1, 0.15) is 25.0 Å². The molecule has 1 aromatic heterocycles. The predicted octanol–water partition coefficient (Wildman–Crippen LogP) is 2.88. The lowest BCUT2D eigenvalue weighted by Crippen LogP contribution is -2.10. The number of nitrogens with zero attached hydrogens (tertiary/aromatic N) is 1. The fourth-order valence-electron chi connectivity index (χ4n) is 1.78. The van der Waals surface area contributed by atoms with Gasteiger partial charge >= 0.3 is 5.97 Å². The number of ether oxygens (including phenoxy) is 2. The highest BCUT2D eigenvalue weighted by molar-refractivity contribution is 5.87. The van der Waals surface area contributed by atoms with Crippen molar-refractivity contribution < 1.29 is 19.4 Å². The third kappa shape index (κ3) is 5.36. The van der Waals surface area contributed by atoms with E-state index in [1.165, 1.54) is 0 Å². The maximum atomic E-state index is 10.4. The number of rotatable bonds is 5. The second-order valence-corrected chi connectivity index (χ2v) is 5.00. The number of carbonyl (C=O) groups is 1. The second kappa shape index (κ2) is 7.85. The minimum absolute atomic E-state index is 0.0377. The molecule has 0 aliphatic rings.